The number of piperidine rings is 1. The first-order valence-electron chi connectivity index (χ1n) is 8.69. The molecule has 0 bridgehead atoms. The Morgan fingerprint density at radius 1 is 1.38 bits per heavy atom. The summed E-state index contributed by atoms with van der Waals surface area (Å²) in [5, 5.41) is 3.03. The van der Waals surface area contributed by atoms with Gasteiger partial charge in [-0.1, -0.05) is 32.0 Å². The first kappa shape index (κ1) is 18.3. The number of hydrogen-bond donors (Lipinski definition) is 1. The number of carbonyl (C=O) groups excluding carboxylic acids is 2. The molecule has 0 spiro atoms. The standard InChI is InChI=1S/C19H28N2O3/c1-5-21-17(22)11-10-15(19(23)20-12-13(2)3)18(21)14-8-6-7-9-16(14)24-4/h6-9,13,15,18H,5,10-12H2,1-4H3,(H,20,23)/t15-,18+/m1/s1. The zero-order valence-electron chi connectivity index (χ0n) is 15.0. The van der Waals surface area contributed by atoms with E-state index in [2.05, 4.69) is 19.2 Å². The van der Waals surface area contributed by atoms with E-state index in [1.165, 1.54) is 0 Å². The lowest BCUT2D eigenvalue weighted by atomic mass is 9.83. The summed E-state index contributed by atoms with van der Waals surface area (Å²) in [5.74, 6) is 0.980. The Morgan fingerprint density at radius 2 is 2.08 bits per heavy atom. The van der Waals surface area contributed by atoms with Crippen molar-refractivity contribution in [3.8, 4) is 5.75 Å². The van der Waals surface area contributed by atoms with Gasteiger partial charge in [-0.25, -0.2) is 0 Å². The predicted molar refractivity (Wildman–Crippen MR) is 93.7 cm³/mol. The van der Waals surface area contributed by atoms with Crippen molar-refractivity contribution in [1.29, 1.82) is 0 Å². The molecule has 0 aliphatic carbocycles. The van der Waals surface area contributed by atoms with Crippen LogP contribution in [-0.4, -0.2) is 36.9 Å². The van der Waals surface area contributed by atoms with Crippen LogP contribution in [0.3, 0.4) is 0 Å². The average Bonchev–Trinajstić information content (AvgIpc) is 2.59. The van der Waals surface area contributed by atoms with Gasteiger partial charge in [-0.05, 0) is 25.3 Å². The Morgan fingerprint density at radius 3 is 2.71 bits per heavy atom. The number of likely N-dealkylation sites (tertiary alicyclic amines) is 1. The molecule has 0 unspecified atom stereocenters. The lowest BCUT2D eigenvalue weighted by Crippen LogP contribution is -2.48. The maximum Gasteiger partial charge on any atom is 0.225 e. The molecule has 24 heavy (non-hydrogen) atoms. The minimum absolute atomic E-state index is 0.0190. The van der Waals surface area contributed by atoms with Crippen LogP contribution in [0.2, 0.25) is 0 Å². The molecule has 1 aromatic rings. The molecule has 0 radical (unpaired) electrons. The van der Waals surface area contributed by atoms with Crippen molar-refractivity contribution in [3.05, 3.63) is 29.8 Å². The van der Waals surface area contributed by atoms with Crippen molar-refractivity contribution >= 4 is 11.8 Å². The molecule has 1 aromatic carbocycles. The average molecular weight is 332 g/mol. The highest BCUT2D eigenvalue weighted by Crippen LogP contribution is 2.40. The van der Waals surface area contributed by atoms with Crippen LogP contribution in [-0.2, 0) is 9.59 Å². The van der Waals surface area contributed by atoms with Crippen molar-refractivity contribution in [2.75, 3.05) is 20.2 Å². The summed E-state index contributed by atoms with van der Waals surface area (Å²) in [4.78, 5) is 27.0. The van der Waals surface area contributed by atoms with Gasteiger partial charge in [0.15, 0.2) is 0 Å². The molecule has 1 aliphatic heterocycles. The molecular weight excluding hydrogens is 304 g/mol. The molecular formula is C19H28N2O3. The second-order valence-electron chi connectivity index (χ2n) is 6.65. The van der Waals surface area contributed by atoms with E-state index < -0.39 is 0 Å². The summed E-state index contributed by atoms with van der Waals surface area (Å²) in [6, 6.07) is 7.38. The molecule has 0 aromatic heterocycles. The van der Waals surface area contributed by atoms with E-state index in [-0.39, 0.29) is 23.8 Å². The van der Waals surface area contributed by atoms with Gasteiger partial charge in [-0.15, -0.1) is 0 Å². The topological polar surface area (TPSA) is 58.6 Å². The van der Waals surface area contributed by atoms with Gasteiger partial charge in [0.05, 0.1) is 19.1 Å². The van der Waals surface area contributed by atoms with Crippen LogP contribution in [0.15, 0.2) is 24.3 Å². The van der Waals surface area contributed by atoms with E-state index in [4.69, 9.17) is 4.74 Å². The van der Waals surface area contributed by atoms with Gasteiger partial charge >= 0.3 is 0 Å². The van der Waals surface area contributed by atoms with E-state index in [0.717, 1.165) is 11.3 Å². The molecule has 0 saturated carbocycles. The largest absolute Gasteiger partial charge is 0.496 e. The minimum atomic E-state index is -0.278. The molecule has 5 heteroatoms. The lowest BCUT2D eigenvalue weighted by Gasteiger charge is -2.40. The van der Waals surface area contributed by atoms with Crippen LogP contribution in [0, 0.1) is 11.8 Å². The third kappa shape index (κ3) is 3.89. The third-order valence-electron chi connectivity index (χ3n) is 4.53. The molecule has 2 amide bonds. The second-order valence-corrected chi connectivity index (χ2v) is 6.65. The summed E-state index contributed by atoms with van der Waals surface area (Å²) >= 11 is 0. The zero-order chi connectivity index (χ0) is 17.7. The van der Waals surface area contributed by atoms with Crippen molar-refractivity contribution in [1.82, 2.24) is 10.2 Å². The Hall–Kier alpha value is -2.04. The van der Waals surface area contributed by atoms with Crippen molar-refractivity contribution in [2.24, 2.45) is 11.8 Å². The fourth-order valence-electron chi connectivity index (χ4n) is 3.33. The Kier molecular flexibility index (Phi) is 6.23. The van der Waals surface area contributed by atoms with Crippen molar-refractivity contribution < 1.29 is 14.3 Å². The molecule has 1 aliphatic rings. The van der Waals surface area contributed by atoms with Gasteiger partial charge in [-0.2, -0.15) is 0 Å². The van der Waals surface area contributed by atoms with Gasteiger partial charge in [0.2, 0.25) is 11.8 Å². The predicted octanol–water partition coefficient (Wildman–Crippen LogP) is 2.77. The third-order valence-corrected chi connectivity index (χ3v) is 4.53. The van der Waals surface area contributed by atoms with Gasteiger partial charge in [0, 0.05) is 25.1 Å². The number of methoxy groups -OCH3 is 1. The molecule has 1 saturated heterocycles. The Bertz CT molecular complexity index is 586. The summed E-state index contributed by atoms with van der Waals surface area (Å²) < 4.78 is 5.48. The number of nitrogens with zero attached hydrogens (tertiary/aromatic N) is 1. The molecule has 1 fully saturated rings. The number of hydrogen-bond acceptors (Lipinski definition) is 3. The van der Waals surface area contributed by atoms with Crippen molar-refractivity contribution in [2.45, 2.75) is 39.7 Å². The highest BCUT2D eigenvalue weighted by molar-refractivity contribution is 5.85. The summed E-state index contributed by atoms with van der Waals surface area (Å²) in [6.07, 6.45) is 0.987. The molecule has 132 valence electrons. The van der Waals surface area contributed by atoms with Crippen molar-refractivity contribution in [3.63, 3.8) is 0 Å². The second kappa shape index (κ2) is 8.18. The number of carbonyl (C=O) groups is 2. The van der Waals surface area contributed by atoms with Gasteiger partial charge in [0.1, 0.15) is 5.75 Å². The highest BCUT2D eigenvalue weighted by Gasteiger charge is 2.41. The van der Waals surface area contributed by atoms with Crippen LogP contribution < -0.4 is 10.1 Å². The normalized spacial score (nSPS) is 21.0. The van der Waals surface area contributed by atoms with E-state index in [1.807, 2.05) is 31.2 Å². The van der Waals surface area contributed by atoms with Gasteiger partial charge in [0.25, 0.3) is 0 Å². The maximum absolute atomic E-state index is 12.8. The summed E-state index contributed by atoms with van der Waals surface area (Å²) in [5.41, 5.74) is 0.902. The van der Waals surface area contributed by atoms with Gasteiger partial charge < -0.3 is 15.0 Å². The summed E-state index contributed by atoms with van der Waals surface area (Å²) in [7, 11) is 1.62. The van der Waals surface area contributed by atoms with E-state index in [1.54, 1.807) is 12.0 Å². The molecule has 2 atom stereocenters. The molecule has 2 rings (SSSR count). The number of ether oxygens (including phenoxy) is 1. The first-order chi connectivity index (χ1) is 11.5. The number of amides is 2. The number of rotatable bonds is 6. The fraction of sp³-hybridized carbons (Fsp3) is 0.579. The first-order valence-corrected chi connectivity index (χ1v) is 8.69. The monoisotopic (exact) mass is 332 g/mol. The van der Waals surface area contributed by atoms with Crippen LogP contribution >= 0.6 is 0 Å². The number of para-hydroxylation sites is 1. The van der Waals surface area contributed by atoms with Crippen LogP contribution in [0.5, 0.6) is 5.75 Å². The van der Waals surface area contributed by atoms with Gasteiger partial charge in [-0.3, -0.25) is 9.59 Å². The molecule has 1 N–H and O–H groups in total. The SMILES string of the molecule is CCN1C(=O)CC[C@@H](C(=O)NCC(C)C)[C@@H]1c1ccccc1OC. The number of nitrogens with one attached hydrogen (secondary N) is 1. The fourth-order valence-corrected chi connectivity index (χ4v) is 3.33. The quantitative estimate of drug-likeness (QED) is 0.871. The van der Waals surface area contributed by atoms with E-state index >= 15 is 0 Å². The number of benzene rings is 1. The van der Waals surface area contributed by atoms with E-state index in [9.17, 15) is 9.59 Å². The minimum Gasteiger partial charge on any atom is -0.496 e. The van der Waals surface area contributed by atoms with Crippen LogP contribution in [0.1, 0.15) is 45.2 Å². The zero-order valence-corrected chi connectivity index (χ0v) is 15.0. The maximum atomic E-state index is 12.8. The Labute approximate surface area is 144 Å². The highest BCUT2D eigenvalue weighted by atomic mass is 16.5. The summed E-state index contributed by atoms with van der Waals surface area (Å²) in [6.45, 7) is 7.32. The molecule has 1 heterocycles. The van der Waals surface area contributed by atoms with Crippen LogP contribution in [0.4, 0.5) is 0 Å². The van der Waals surface area contributed by atoms with E-state index in [0.29, 0.717) is 31.8 Å². The lowest BCUT2D eigenvalue weighted by molar-refractivity contribution is -0.143. The Balaban J connectivity index is 2.37. The molecule has 5 nitrogen and oxygen atoms in total. The van der Waals surface area contributed by atoms with Crippen LogP contribution in [0.25, 0.3) is 0 Å². The smallest absolute Gasteiger partial charge is 0.225 e.